The number of thioether (sulfide) groups is 1. The summed E-state index contributed by atoms with van der Waals surface area (Å²) in [6, 6.07) is 12.8. The molecule has 144 valence electrons. The number of halogens is 2. The largest absolute Gasteiger partial charge is 0.366 e. The van der Waals surface area contributed by atoms with Crippen LogP contribution in [0.5, 0.6) is 0 Å². The highest BCUT2D eigenvalue weighted by atomic mass is 32.2. The van der Waals surface area contributed by atoms with Crippen molar-refractivity contribution in [2.24, 2.45) is 4.99 Å². The van der Waals surface area contributed by atoms with Crippen molar-refractivity contribution in [1.29, 1.82) is 0 Å². The third kappa shape index (κ3) is 3.67. The van der Waals surface area contributed by atoms with E-state index in [4.69, 9.17) is 0 Å². The van der Waals surface area contributed by atoms with E-state index in [1.807, 2.05) is 17.9 Å². The number of carbonyl (C=O) groups excluding carboxylic acids is 1. The standard InChI is InChI=1S/C21H19F2N3OS/c1-14(15-6-8-16(22)9-7-15)19-20(27)24-21(28-19)26-12-10-25(11-13-26)18-5-3-2-4-17(18)23/h2-9H,10-13H2,1H3/b19-14-. The van der Waals surface area contributed by atoms with Gasteiger partial charge in [0, 0.05) is 26.2 Å². The molecule has 0 aliphatic carbocycles. The van der Waals surface area contributed by atoms with Gasteiger partial charge in [-0.15, -0.1) is 0 Å². The second-order valence-corrected chi connectivity index (χ2v) is 7.67. The third-order valence-corrected chi connectivity index (χ3v) is 6.16. The Morgan fingerprint density at radius 1 is 0.964 bits per heavy atom. The number of anilines is 1. The van der Waals surface area contributed by atoms with Crippen LogP contribution < -0.4 is 4.90 Å². The molecule has 0 saturated carbocycles. The van der Waals surface area contributed by atoms with Crippen molar-refractivity contribution in [3.05, 3.63) is 70.6 Å². The number of carbonyl (C=O) groups is 1. The Labute approximate surface area is 166 Å². The number of nitrogens with zero attached hydrogens (tertiary/aromatic N) is 3. The number of para-hydroxylation sites is 1. The monoisotopic (exact) mass is 399 g/mol. The Morgan fingerprint density at radius 3 is 2.29 bits per heavy atom. The number of piperazine rings is 1. The molecule has 2 aliphatic rings. The van der Waals surface area contributed by atoms with Gasteiger partial charge in [-0.3, -0.25) is 4.79 Å². The van der Waals surface area contributed by atoms with Crippen LogP contribution in [-0.4, -0.2) is 42.2 Å². The number of allylic oxidation sites excluding steroid dienone is 1. The van der Waals surface area contributed by atoms with E-state index in [9.17, 15) is 13.6 Å². The molecule has 0 radical (unpaired) electrons. The van der Waals surface area contributed by atoms with E-state index in [0.29, 0.717) is 41.9 Å². The number of hydrogen-bond acceptors (Lipinski definition) is 4. The number of benzene rings is 2. The summed E-state index contributed by atoms with van der Waals surface area (Å²) in [5.74, 6) is -0.797. The van der Waals surface area contributed by atoms with Crippen LogP contribution in [0.25, 0.3) is 5.57 Å². The van der Waals surface area contributed by atoms with Crippen LogP contribution in [0, 0.1) is 11.6 Å². The highest BCUT2D eigenvalue weighted by molar-refractivity contribution is 8.18. The second kappa shape index (κ2) is 7.75. The van der Waals surface area contributed by atoms with Crippen LogP contribution in [0.15, 0.2) is 58.4 Å². The summed E-state index contributed by atoms with van der Waals surface area (Å²) in [6.07, 6.45) is 0. The average molecular weight is 399 g/mol. The molecule has 2 heterocycles. The highest BCUT2D eigenvalue weighted by Gasteiger charge is 2.30. The minimum absolute atomic E-state index is 0.223. The van der Waals surface area contributed by atoms with Gasteiger partial charge in [-0.2, -0.15) is 4.99 Å². The molecule has 0 atom stereocenters. The summed E-state index contributed by atoms with van der Waals surface area (Å²) < 4.78 is 27.1. The van der Waals surface area contributed by atoms with Crippen molar-refractivity contribution in [2.75, 3.05) is 31.1 Å². The Hall–Kier alpha value is -2.67. The number of amides is 1. The molecule has 0 unspecified atom stereocenters. The lowest BCUT2D eigenvalue weighted by atomic mass is 10.1. The molecule has 1 amide bonds. The van der Waals surface area contributed by atoms with Gasteiger partial charge in [-0.1, -0.05) is 24.3 Å². The lowest BCUT2D eigenvalue weighted by Gasteiger charge is -2.36. The van der Waals surface area contributed by atoms with Crippen molar-refractivity contribution in [3.63, 3.8) is 0 Å². The van der Waals surface area contributed by atoms with Crippen LogP contribution in [0.1, 0.15) is 12.5 Å². The van der Waals surface area contributed by atoms with Crippen LogP contribution >= 0.6 is 11.8 Å². The first-order valence-corrected chi connectivity index (χ1v) is 9.86. The normalized spacial score (nSPS) is 19.1. The minimum atomic E-state index is -0.309. The fraction of sp³-hybridized carbons (Fsp3) is 0.238. The molecule has 2 aromatic carbocycles. The number of amidine groups is 1. The molecule has 0 bridgehead atoms. The molecule has 28 heavy (non-hydrogen) atoms. The minimum Gasteiger partial charge on any atom is -0.366 e. The Kier molecular flexibility index (Phi) is 5.17. The van der Waals surface area contributed by atoms with Crippen molar-refractivity contribution in [3.8, 4) is 0 Å². The van der Waals surface area contributed by atoms with Gasteiger partial charge < -0.3 is 9.80 Å². The molecular weight excluding hydrogens is 380 g/mol. The molecule has 0 N–H and O–H groups in total. The summed E-state index contributed by atoms with van der Waals surface area (Å²) in [7, 11) is 0. The molecule has 4 nitrogen and oxygen atoms in total. The maximum atomic E-state index is 14.0. The van der Waals surface area contributed by atoms with Gasteiger partial charge in [0.2, 0.25) is 0 Å². The Morgan fingerprint density at radius 2 is 1.61 bits per heavy atom. The van der Waals surface area contributed by atoms with Gasteiger partial charge in [-0.25, -0.2) is 8.78 Å². The van der Waals surface area contributed by atoms with E-state index in [1.165, 1.54) is 30.0 Å². The van der Waals surface area contributed by atoms with E-state index in [2.05, 4.69) is 9.89 Å². The van der Waals surface area contributed by atoms with E-state index in [-0.39, 0.29) is 17.5 Å². The quantitative estimate of drug-likeness (QED) is 0.711. The molecule has 2 aromatic rings. The zero-order chi connectivity index (χ0) is 19.7. The zero-order valence-corrected chi connectivity index (χ0v) is 16.2. The van der Waals surface area contributed by atoms with Gasteiger partial charge >= 0.3 is 0 Å². The fourth-order valence-corrected chi connectivity index (χ4v) is 4.37. The molecule has 4 rings (SSSR count). The van der Waals surface area contributed by atoms with Crippen LogP contribution in [0.3, 0.4) is 0 Å². The van der Waals surface area contributed by atoms with E-state index >= 15 is 0 Å². The van der Waals surface area contributed by atoms with Gasteiger partial charge in [0.05, 0.1) is 10.6 Å². The molecule has 1 fully saturated rings. The number of hydrogen-bond donors (Lipinski definition) is 0. The van der Waals surface area contributed by atoms with Gasteiger partial charge in [-0.05, 0) is 54.1 Å². The third-order valence-electron chi connectivity index (χ3n) is 4.95. The van der Waals surface area contributed by atoms with Gasteiger partial charge in [0.1, 0.15) is 11.6 Å². The first-order valence-electron chi connectivity index (χ1n) is 9.05. The molecule has 2 aliphatic heterocycles. The molecule has 0 aromatic heterocycles. The van der Waals surface area contributed by atoms with Crippen molar-refractivity contribution in [2.45, 2.75) is 6.92 Å². The van der Waals surface area contributed by atoms with E-state index in [1.54, 1.807) is 24.3 Å². The van der Waals surface area contributed by atoms with Gasteiger partial charge in [0.25, 0.3) is 5.91 Å². The Bertz CT molecular complexity index is 964. The predicted octanol–water partition coefficient (Wildman–Crippen LogP) is 4.15. The zero-order valence-electron chi connectivity index (χ0n) is 15.4. The summed E-state index contributed by atoms with van der Waals surface area (Å²) in [5.41, 5.74) is 2.20. The van der Waals surface area contributed by atoms with Crippen molar-refractivity contribution < 1.29 is 13.6 Å². The smallest absolute Gasteiger partial charge is 0.286 e. The first-order chi connectivity index (χ1) is 13.5. The fourth-order valence-electron chi connectivity index (χ4n) is 3.35. The summed E-state index contributed by atoms with van der Waals surface area (Å²) in [6.45, 7) is 4.49. The molecular formula is C21H19F2N3OS. The number of aliphatic imine (C=N–C) groups is 1. The lowest BCUT2D eigenvalue weighted by molar-refractivity contribution is -0.113. The summed E-state index contributed by atoms with van der Waals surface area (Å²) in [5, 5.41) is 0.676. The van der Waals surface area contributed by atoms with E-state index < -0.39 is 0 Å². The summed E-state index contributed by atoms with van der Waals surface area (Å²) >= 11 is 1.35. The van der Waals surface area contributed by atoms with Crippen LogP contribution in [0.2, 0.25) is 0 Å². The van der Waals surface area contributed by atoms with E-state index in [0.717, 1.165) is 11.1 Å². The summed E-state index contributed by atoms with van der Waals surface area (Å²) in [4.78, 5) is 21.3. The first kappa shape index (κ1) is 18.7. The highest BCUT2D eigenvalue weighted by Crippen LogP contribution is 2.35. The maximum Gasteiger partial charge on any atom is 0.286 e. The maximum absolute atomic E-state index is 14.0. The molecule has 1 saturated heterocycles. The predicted molar refractivity (Wildman–Crippen MR) is 109 cm³/mol. The molecule has 7 heteroatoms. The average Bonchev–Trinajstić information content (AvgIpc) is 3.10. The second-order valence-electron chi connectivity index (χ2n) is 6.69. The lowest BCUT2D eigenvalue weighted by Crippen LogP contribution is -2.48. The van der Waals surface area contributed by atoms with Gasteiger partial charge in [0.15, 0.2) is 5.17 Å². The van der Waals surface area contributed by atoms with Crippen LogP contribution in [-0.2, 0) is 4.79 Å². The SMILES string of the molecule is C/C(=C1/SC(N2CCN(c3ccccc3F)CC2)=NC1=O)c1ccc(F)cc1. The van der Waals surface area contributed by atoms with Crippen LogP contribution in [0.4, 0.5) is 14.5 Å². The van der Waals surface area contributed by atoms with Crippen molar-refractivity contribution in [1.82, 2.24) is 4.90 Å². The number of rotatable bonds is 2. The topological polar surface area (TPSA) is 35.9 Å². The Balaban J connectivity index is 1.45. The van der Waals surface area contributed by atoms with Crippen molar-refractivity contribution >= 4 is 34.1 Å². The molecule has 0 spiro atoms.